The van der Waals surface area contributed by atoms with Crippen molar-refractivity contribution in [2.45, 2.75) is 25.3 Å². The fourth-order valence-corrected chi connectivity index (χ4v) is 1.99. The van der Waals surface area contributed by atoms with Crippen LogP contribution in [0.4, 0.5) is 0 Å². The maximum atomic E-state index is 12.0. The van der Waals surface area contributed by atoms with Crippen molar-refractivity contribution in [1.82, 2.24) is 25.1 Å². The molecule has 0 radical (unpaired) electrons. The summed E-state index contributed by atoms with van der Waals surface area (Å²) < 4.78 is 2.06. The van der Waals surface area contributed by atoms with Crippen LogP contribution in [-0.4, -0.2) is 32.2 Å². The third-order valence-corrected chi connectivity index (χ3v) is 3.06. The molecule has 0 spiro atoms. The first-order valence-electron chi connectivity index (χ1n) is 6.14. The van der Waals surface area contributed by atoms with Crippen molar-refractivity contribution in [3.63, 3.8) is 0 Å². The van der Waals surface area contributed by atoms with Crippen LogP contribution in [0.25, 0.3) is 0 Å². The molecule has 1 aliphatic carbocycles. The number of carbonyl (C=O) groups excluding carboxylic acids is 1. The SMILES string of the molecule is O=C(NCCc1ncn[nH]1)c1cccn1C1CC1. The van der Waals surface area contributed by atoms with Crippen LogP contribution in [0.5, 0.6) is 0 Å². The quantitative estimate of drug-likeness (QED) is 0.822. The predicted molar refractivity (Wildman–Crippen MR) is 65.1 cm³/mol. The topological polar surface area (TPSA) is 75.6 Å². The monoisotopic (exact) mass is 245 g/mol. The lowest BCUT2D eigenvalue weighted by molar-refractivity contribution is 0.0944. The van der Waals surface area contributed by atoms with Crippen molar-refractivity contribution >= 4 is 5.91 Å². The Labute approximate surface area is 104 Å². The first kappa shape index (κ1) is 11.0. The van der Waals surface area contributed by atoms with Gasteiger partial charge in [-0.3, -0.25) is 9.89 Å². The Hall–Kier alpha value is -2.11. The van der Waals surface area contributed by atoms with Gasteiger partial charge in [0.15, 0.2) is 0 Å². The highest BCUT2D eigenvalue weighted by molar-refractivity contribution is 5.92. The molecule has 2 aromatic rings. The summed E-state index contributed by atoms with van der Waals surface area (Å²) in [6, 6.07) is 4.31. The van der Waals surface area contributed by atoms with Gasteiger partial charge < -0.3 is 9.88 Å². The second-order valence-electron chi connectivity index (χ2n) is 4.47. The van der Waals surface area contributed by atoms with Gasteiger partial charge in [0.25, 0.3) is 5.91 Å². The van der Waals surface area contributed by atoms with Crippen molar-refractivity contribution < 1.29 is 4.79 Å². The van der Waals surface area contributed by atoms with E-state index in [2.05, 4.69) is 25.1 Å². The number of aromatic amines is 1. The van der Waals surface area contributed by atoms with E-state index in [9.17, 15) is 4.79 Å². The fraction of sp³-hybridized carbons (Fsp3) is 0.417. The molecule has 0 bridgehead atoms. The van der Waals surface area contributed by atoms with Gasteiger partial charge in [-0.15, -0.1) is 0 Å². The Morgan fingerprint density at radius 2 is 2.44 bits per heavy atom. The number of amides is 1. The second-order valence-corrected chi connectivity index (χ2v) is 4.47. The zero-order valence-corrected chi connectivity index (χ0v) is 9.97. The summed E-state index contributed by atoms with van der Waals surface area (Å²) in [6.07, 6.45) is 6.45. The smallest absolute Gasteiger partial charge is 0.267 e. The summed E-state index contributed by atoms with van der Waals surface area (Å²) in [6.45, 7) is 0.559. The van der Waals surface area contributed by atoms with E-state index >= 15 is 0 Å². The number of hydrogen-bond donors (Lipinski definition) is 2. The zero-order chi connectivity index (χ0) is 12.4. The molecule has 94 valence electrons. The van der Waals surface area contributed by atoms with Gasteiger partial charge in [-0.05, 0) is 25.0 Å². The molecule has 1 fully saturated rings. The van der Waals surface area contributed by atoms with E-state index in [1.165, 1.54) is 19.2 Å². The number of H-pyrrole nitrogens is 1. The van der Waals surface area contributed by atoms with Crippen LogP contribution in [0.2, 0.25) is 0 Å². The molecule has 0 unspecified atom stereocenters. The molecule has 1 saturated carbocycles. The summed E-state index contributed by atoms with van der Waals surface area (Å²) in [5.41, 5.74) is 0.745. The van der Waals surface area contributed by atoms with E-state index in [1.54, 1.807) is 0 Å². The van der Waals surface area contributed by atoms with Crippen LogP contribution < -0.4 is 5.32 Å². The van der Waals surface area contributed by atoms with Crippen molar-refractivity contribution in [3.8, 4) is 0 Å². The van der Waals surface area contributed by atoms with Crippen molar-refractivity contribution in [2.75, 3.05) is 6.54 Å². The van der Waals surface area contributed by atoms with Crippen molar-refractivity contribution in [3.05, 3.63) is 36.2 Å². The lowest BCUT2D eigenvalue weighted by Crippen LogP contribution is -2.27. The minimum atomic E-state index is -0.0218. The third-order valence-electron chi connectivity index (χ3n) is 3.06. The van der Waals surface area contributed by atoms with E-state index in [-0.39, 0.29) is 5.91 Å². The van der Waals surface area contributed by atoms with Gasteiger partial charge in [0.05, 0.1) is 0 Å². The minimum absolute atomic E-state index is 0.0218. The Balaban J connectivity index is 1.56. The van der Waals surface area contributed by atoms with Gasteiger partial charge in [-0.1, -0.05) is 0 Å². The molecule has 0 aliphatic heterocycles. The molecule has 18 heavy (non-hydrogen) atoms. The Kier molecular flexibility index (Phi) is 2.84. The number of hydrogen-bond acceptors (Lipinski definition) is 3. The summed E-state index contributed by atoms with van der Waals surface area (Å²) >= 11 is 0. The van der Waals surface area contributed by atoms with Crippen molar-refractivity contribution in [1.29, 1.82) is 0 Å². The summed E-state index contributed by atoms with van der Waals surface area (Å²) in [4.78, 5) is 16.0. The molecule has 3 rings (SSSR count). The average molecular weight is 245 g/mol. The summed E-state index contributed by atoms with van der Waals surface area (Å²) in [5.74, 6) is 0.763. The first-order valence-corrected chi connectivity index (χ1v) is 6.14. The van der Waals surface area contributed by atoms with Crippen LogP contribution in [0.15, 0.2) is 24.7 Å². The van der Waals surface area contributed by atoms with Gasteiger partial charge in [0, 0.05) is 25.2 Å². The number of aromatic nitrogens is 4. The van der Waals surface area contributed by atoms with E-state index in [1.807, 2.05) is 18.3 Å². The molecule has 2 N–H and O–H groups in total. The van der Waals surface area contributed by atoms with E-state index < -0.39 is 0 Å². The molecule has 1 amide bonds. The zero-order valence-electron chi connectivity index (χ0n) is 9.97. The van der Waals surface area contributed by atoms with Crippen LogP contribution >= 0.6 is 0 Å². The van der Waals surface area contributed by atoms with Gasteiger partial charge in [-0.25, -0.2) is 4.98 Å². The van der Waals surface area contributed by atoms with Gasteiger partial charge >= 0.3 is 0 Å². The summed E-state index contributed by atoms with van der Waals surface area (Å²) in [7, 11) is 0. The molecule has 1 aliphatic rings. The minimum Gasteiger partial charge on any atom is -0.350 e. The lowest BCUT2D eigenvalue weighted by atomic mass is 10.3. The molecule has 6 nitrogen and oxygen atoms in total. The summed E-state index contributed by atoms with van der Waals surface area (Å²) in [5, 5.41) is 9.43. The largest absolute Gasteiger partial charge is 0.350 e. The normalized spacial score (nSPS) is 14.7. The fourth-order valence-electron chi connectivity index (χ4n) is 1.99. The van der Waals surface area contributed by atoms with Crippen molar-refractivity contribution in [2.24, 2.45) is 0 Å². The average Bonchev–Trinajstić information content (AvgIpc) is 2.91. The number of rotatable bonds is 5. The molecule has 0 aromatic carbocycles. The van der Waals surface area contributed by atoms with E-state index in [0.29, 0.717) is 19.0 Å². The van der Waals surface area contributed by atoms with Gasteiger partial charge in [0.1, 0.15) is 17.8 Å². The highest BCUT2D eigenvalue weighted by Gasteiger charge is 2.26. The molecule has 2 heterocycles. The van der Waals surface area contributed by atoms with Gasteiger partial charge in [0.2, 0.25) is 0 Å². The Morgan fingerprint density at radius 3 is 3.17 bits per heavy atom. The Bertz CT molecular complexity index is 526. The number of nitrogens with one attached hydrogen (secondary N) is 2. The predicted octanol–water partition coefficient (Wildman–Crippen LogP) is 0.914. The highest BCUT2D eigenvalue weighted by Crippen LogP contribution is 2.35. The Morgan fingerprint density at radius 1 is 1.56 bits per heavy atom. The third kappa shape index (κ3) is 2.27. The molecule has 2 aromatic heterocycles. The van der Waals surface area contributed by atoms with Crippen LogP contribution in [-0.2, 0) is 6.42 Å². The van der Waals surface area contributed by atoms with E-state index in [4.69, 9.17) is 0 Å². The number of carbonyl (C=O) groups is 1. The number of nitrogens with zero attached hydrogens (tertiary/aromatic N) is 3. The first-order chi connectivity index (χ1) is 8.84. The maximum Gasteiger partial charge on any atom is 0.267 e. The van der Waals surface area contributed by atoms with E-state index in [0.717, 1.165) is 11.5 Å². The molecule has 6 heteroatoms. The molecular weight excluding hydrogens is 230 g/mol. The van der Waals surface area contributed by atoms with Crippen LogP contribution in [0.3, 0.4) is 0 Å². The van der Waals surface area contributed by atoms with Crippen LogP contribution in [0.1, 0.15) is 35.2 Å². The highest BCUT2D eigenvalue weighted by atomic mass is 16.1. The van der Waals surface area contributed by atoms with Gasteiger partial charge in [-0.2, -0.15) is 5.10 Å². The lowest BCUT2D eigenvalue weighted by Gasteiger charge is -2.08. The maximum absolute atomic E-state index is 12.0. The molecule has 0 saturated heterocycles. The second kappa shape index (κ2) is 4.64. The van der Waals surface area contributed by atoms with Crippen LogP contribution in [0, 0.1) is 0 Å². The standard InChI is InChI=1S/C12H15N5O/c18-12(13-6-5-11-14-8-15-16-11)10-2-1-7-17(10)9-3-4-9/h1-2,7-9H,3-6H2,(H,13,18)(H,14,15,16). The molecule has 0 atom stereocenters. The molecular formula is C12H15N5O.